The number of rotatable bonds is 6. The predicted octanol–water partition coefficient (Wildman–Crippen LogP) is 2.74. The molecule has 1 rings (SSSR count). The fourth-order valence-electron chi connectivity index (χ4n) is 2.31. The van der Waals surface area contributed by atoms with Crippen molar-refractivity contribution in [3.8, 4) is 0 Å². The standard InChI is InChI=1S/C14H27NO2/c1-4-12-7-8-15-13(10-12)14(16)17-9-5-6-11(2)3/h11-13,15H,4-10H2,1-3H3. The van der Waals surface area contributed by atoms with Crippen molar-refractivity contribution in [3.05, 3.63) is 0 Å². The zero-order chi connectivity index (χ0) is 12.7. The van der Waals surface area contributed by atoms with Crippen LogP contribution in [0.25, 0.3) is 0 Å². The van der Waals surface area contributed by atoms with E-state index in [9.17, 15) is 4.79 Å². The normalized spacial score (nSPS) is 24.9. The number of piperidine rings is 1. The predicted molar refractivity (Wildman–Crippen MR) is 69.8 cm³/mol. The summed E-state index contributed by atoms with van der Waals surface area (Å²) in [6.45, 7) is 8.10. The molecule has 0 aromatic rings. The maximum atomic E-state index is 11.8. The van der Waals surface area contributed by atoms with Crippen LogP contribution < -0.4 is 5.32 Å². The molecule has 3 heteroatoms. The van der Waals surface area contributed by atoms with Gasteiger partial charge < -0.3 is 10.1 Å². The van der Waals surface area contributed by atoms with Gasteiger partial charge in [0.2, 0.25) is 0 Å². The molecule has 1 heterocycles. The monoisotopic (exact) mass is 241 g/mol. The van der Waals surface area contributed by atoms with Crippen LogP contribution in [-0.4, -0.2) is 25.2 Å². The Morgan fingerprint density at radius 2 is 2.24 bits per heavy atom. The van der Waals surface area contributed by atoms with Gasteiger partial charge in [-0.2, -0.15) is 0 Å². The van der Waals surface area contributed by atoms with Gasteiger partial charge in [0.1, 0.15) is 6.04 Å². The number of nitrogens with one attached hydrogen (secondary N) is 1. The third kappa shape index (κ3) is 5.53. The van der Waals surface area contributed by atoms with E-state index < -0.39 is 0 Å². The fourth-order valence-corrected chi connectivity index (χ4v) is 2.31. The molecule has 0 spiro atoms. The number of ether oxygens (including phenoxy) is 1. The molecule has 1 saturated heterocycles. The Labute approximate surface area is 105 Å². The van der Waals surface area contributed by atoms with Gasteiger partial charge in [0.25, 0.3) is 0 Å². The SMILES string of the molecule is CCC1CCNC(C(=O)OCCCC(C)C)C1. The molecule has 1 aliphatic rings. The largest absolute Gasteiger partial charge is 0.465 e. The van der Waals surface area contributed by atoms with Crippen molar-refractivity contribution < 1.29 is 9.53 Å². The van der Waals surface area contributed by atoms with Gasteiger partial charge in [0, 0.05) is 0 Å². The summed E-state index contributed by atoms with van der Waals surface area (Å²) in [5.74, 6) is 1.32. The van der Waals surface area contributed by atoms with Crippen LogP contribution in [0.1, 0.15) is 52.9 Å². The molecule has 0 aromatic carbocycles. The molecule has 2 atom stereocenters. The Bertz CT molecular complexity index is 228. The molecular weight excluding hydrogens is 214 g/mol. The van der Waals surface area contributed by atoms with Crippen molar-refractivity contribution in [3.63, 3.8) is 0 Å². The van der Waals surface area contributed by atoms with Gasteiger partial charge in [-0.1, -0.05) is 27.2 Å². The Kier molecular flexibility index (Phi) is 6.56. The lowest BCUT2D eigenvalue weighted by Gasteiger charge is -2.28. The highest BCUT2D eigenvalue weighted by Gasteiger charge is 2.26. The van der Waals surface area contributed by atoms with Crippen LogP contribution in [0.5, 0.6) is 0 Å². The van der Waals surface area contributed by atoms with Crippen molar-refractivity contribution in [2.45, 2.75) is 58.9 Å². The van der Waals surface area contributed by atoms with Gasteiger partial charge in [0.05, 0.1) is 6.61 Å². The molecule has 2 unspecified atom stereocenters. The molecule has 3 nitrogen and oxygen atoms in total. The molecule has 0 bridgehead atoms. The van der Waals surface area contributed by atoms with Crippen molar-refractivity contribution >= 4 is 5.97 Å². The number of hydrogen-bond donors (Lipinski definition) is 1. The number of hydrogen-bond acceptors (Lipinski definition) is 3. The zero-order valence-electron chi connectivity index (χ0n) is 11.5. The van der Waals surface area contributed by atoms with Crippen LogP contribution in [0.3, 0.4) is 0 Å². The van der Waals surface area contributed by atoms with E-state index in [4.69, 9.17) is 4.74 Å². The molecule has 1 N–H and O–H groups in total. The minimum atomic E-state index is -0.0623. The third-order valence-electron chi connectivity index (χ3n) is 3.54. The molecule has 100 valence electrons. The van der Waals surface area contributed by atoms with Crippen LogP contribution >= 0.6 is 0 Å². The number of esters is 1. The van der Waals surface area contributed by atoms with Crippen molar-refractivity contribution in [2.24, 2.45) is 11.8 Å². The highest BCUT2D eigenvalue weighted by atomic mass is 16.5. The average Bonchev–Trinajstić information content (AvgIpc) is 2.34. The first-order valence-corrected chi connectivity index (χ1v) is 7.03. The molecule has 0 saturated carbocycles. The van der Waals surface area contributed by atoms with E-state index in [0.29, 0.717) is 18.4 Å². The summed E-state index contributed by atoms with van der Waals surface area (Å²) in [5.41, 5.74) is 0. The molecule has 0 aromatic heterocycles. The highest BCUT2D eigenvalue weighted by Crippen LogP contribution is 2.20. The lowest BCUT2D eigenvalue weighted by atomic mass is 9.90. The first kappa shape index (κ1) is 14.5. The van der Waals surface area contributed by atoms with Gasteiger partial charge in [-0.25, -0.2) is 0 Å². The summed E-state index contributed by atoms with van der Waals surface area (Å²) in [5, 5.41) is 3.26. The van der Waals surface area contributed by atoms with E-state index in [0.717, 1.165) is 25.8 Å². The fraction of sp³-hybridized carbons (Fsp3) is 0.929. The van der Waals surface area contributed by atoms with E-state index in [2.05, 4.69) is 26.1 Å². The van der Waals surface area contributed by atoms with Gasteiger partial charge in [-0.15, -0.1) is 0 Å². The molecule has 1 aliphatic heterocycles. The van der Waals surface area contributed by atoms with E-state index in [1.54, 1.807) is 0 Å². The summed E-state index contributed by atoms with van der Waals surface area (Å²) in [7, 11) is 0. The molecule has 0 amide bonds. The smallest absolute Gasteiger partial charge is 0.323 e. The molecular formula is C14H27NO2. The van der Waals surface area contributed by atoms with Crippen molar-refractivity contribution in [1.82, 2.24) is 5.32 Å². The zero-order valence-corrected chi connectivity index (χ0v) is 11.5. The van der Waals surface area contributed by atoms with Crippen LogP contribution in [0.2, 0.25) is 0 Å². The van der Waals surface area contributed by atoms with E-state index in [1.165, 1.54) is 12.8 Å². The van der Waals surface area contributed by atoms with E-state index in [1.807, 2.05) is 0 Å². The quantitative estimate of drug-likeness (QED) is 0.574. The summed E-state index contributed by atoms with van der Waals surface area (Å²) in [4.78, 5) is 11.8. The van der Waals surface area contributed by atoms with Crippen molar-refractivity contribution in [2.75, 3.05) is 13.2 Å². The number of carbonyl (C=O) groups excluding carboxylic acids is 1. The van der Waals surface area contributed by atoms with Crippen LogP contribution in [0.15, 0.2) is 0 Å². The first-order chi connectivity index (χ1) is 8.13. The first-order valence-electron chi connectivity index (χ1n) is 7.03. The second kappa shape index (κ2) is 7.70. The Morgan fingerprint density at radius 1 is 1.47 bits per heavy atom. The Hall–Kier alpha value is -0.570. The van der Waals surface area contributed by atoms with Crippen LogP contribution in [0.4, 0.5) is 0 Å². The second-order valence-corrected chi connectivity index (χ2v) is 5.51. The minimum Gasteiger partial charge on any atom is -0.465 e. The second-order valence-electron chi connectivity index (χ2n) is 5.51. The molecule has 0 aliphatic carbocycles. The molecule has 0 radical (unpaired) electrons. The maximum Gasteiger partial charge on any atom is 0.323 e. The minimum absolute atomic E-state index is 0.0492. The van der Waals surface area contributed by atoms with Crippen LogP contribution in [0, 0.1) is 11.8 Å². The summed E-state index contributed by atoms with van der Waals surface area (Å²) >= 11 is 0. The average molecular weight is 241 g/mol. The molecule has 17 heavy (non-hydrogen) atoms. The maximum absolute atomic E-state index is 11.8. The highest BCUT2D eigenvalue weighted by molar-refractivity contribution is 5.75. The lowest BCUT2D eigenvalue weighted by Crippen LogP contribution is -2.44. The molecule has 1 fully saturated rings. The van der Waals surface area contributed by atoms with Crippen molar-refractivity contribution in [1.29, 1.82) is 0 Å². The van der Waals surface area contributed by atoms with Crippen LogP contribution in [-0.2, 0) is 9.53 Å². The summed E-state index contributed by atoms with van der Waals surface area (Å²) in [6, 6.07) is -0.0623. The third-order valence-corrected chi connectivity index (χ3v) is 3.54. The Balaban J connectivity index is 2.18. The van der Waals surface area contributed by atoms with Gasteiger partial charge >= 0.3 is 5.97 Å². The van der Waals surface area contributed by atoms with Gasteiger partial charge in [-0.3, -0.25) is 4.79 Å². The van der Waals surface area contributed by atoms with E-state index >= 15 is 0 Å². The number of carbonyl (C=O) groups is 1. The van der Waals surface area contributed by atoms with E-state index in [-0.39, 0.29) is 12.0 Å². The summed E-state index contributed by atoms with van der Waals surface area (Å²) in [6.07, 6.45) is 5.41. The lowest BCUT2D eigenvalue weighted by molar-refractivity contribution is -0.147. The topological polar surface area (TPSA) is 38.3 Å². The summed E-state index contributed by atoms with van der Waals surface area (Å²) < 4.78 is 5.32. The Morgan fingerprint density at radius 3 is 2.88 bits per heavy atom. The van der Waals surface area contributed by atoms with Gasteiger partial charge in [0.15, 0.2) is 0 Å². The van der Waals surface area contributed by atoms with Gasteiger partial charge in [-0.05, 0) is 44.1 Å².